The fourth-order valence-electron chi connectivity index (χ4n) is 4.13. The van der Waals surface area contributed by atoms with E-state index in [1.54, 1.807) is 0 Å². The molecule has 7 heteroatoms. The minimum Gasteiger partial charge on any atom is -0.494 e. The quantitative estimate of drug-likeness (QED) is 0.549. The molecule has 2 aromatic heterocycles. The molecule has 4 rings (SSSR count). The highest BCUT2D eigenvalue weighted by atomic mass is 16.5. The van der Waals surface area contributed by atoms with Crippen LogP contribution in [0.15, 0.2) is 35.1 Å². The fourth-order valence-corrected chi connectivity index (χ4v) is 4.13. The Morgan fingerprint density at radius 3 is 2.76 bits per heavy atom. The summed E-state index contributed by atoms with van der Waals surface area (Å²) < 4.78 is 7.92. The molecular formula is C22H29N5O2. The van der Waals surface area contributed by atoms with E-state index in [9.17, 15) is 4.79 Å². The molecule has 0 spiro atoms. The highest BCUT2D eigenvalue weighted by Crippen LogP contribution is 2.28. The molecular weight excluding hydrogens is 366 g/mol. The first-order valence-electron chi connectivity index (χ1n) is 10.8. The number of tetrazole rings is 1. The topological polar surface area (TPSA) is 85.7 Å². The molecule has 0 bridgehead atoms. The van der Waals surface area contributed by atoms with E-state index < -0.39 is 0 Å². The number of hydrogen-bond donors (Lipinski definition) is 1. The Morgan fingerprint density at radius 2 is 1.86 bits per heavy atom. The number of ether oxygens (including phenoxy) is 1. The van der Waals surface area contributed by atoms with Crippen LogP contribution in [0, 0.1) is 0 Å². The van der Waals surface area contributed by atoms with Gasteiger partial charge in [-0.15, -0.1) is 5.10 Å². The third-order valence-electron chi connectivity index (χ3n) is 5.74. The minimum atomic E-state index is -0.0934. The molecule has 1 aromatic carbocycles. The molecule has 0 amide bonds. The number of rotatable bonds is 9. The summed E-state index contributed by atoms with van der Waals surface area (Å²) in [4.78, 5) is 14.3. The van der Waals surface area contributed by atoms with Gasteiger partial charge in [0.15, 0.2) is 5.82 Å². The van der Waals surface area contributed by atoms with Crippen molar-refractivity contribution in [3.63, 3.8) is 0 Å². The van der Waals surface area contributed by atoms with Gasteiger partial charge in [0.25, 0.3) is 0 Å². The third kappa shape index (κ3) is 5.22. The lowest BCUT2D eigenvalue weighted by Crippen LogP contribution is -2.17. The minimum absolute atomic E-state index is 0.0934. The second-order valence-corrected chi connectivity index (χ2v) is 7.92. The molecule has 29 heavy (non-hydrogen) atoms. The van der Waals surface area contributed by atoms with E-state index >= 15 is 0 Å². The molecule has 0 saturated heterocycles. The molecule has 1 saturated carbocycles. The third-order valence-corrected chi connectivity index (χ3v) is 5.74. The number of nitrogens with one attached hydrogen (secondary N) is 1. The van der Waals surface area contributed by atoms with Gasteiger partial charge in [0.05, 0.1) is 18.2 Å². The van der Waals surface area contributed by atoms with E-state index in [4.69, 9.17) is 4.74 Å². The second-order valence-electron chi connectivity index (χ2n) is 7.92. The maximum atomic E-state index is 11.4. The first kappa shape index (κ1) is 19.6. The molecule has 7 nitrogen and oxygen atoms in total. The molecule has 1 fully saturated rings. The van der Waals surface area contributed by atoms with Gasteiger partial charge in [-0.2, -0.15) is 0 Å². The van der Waals surface area contributed by atoms with Gasteiger partial charge in [0.1, 0.15) is 5.75 Å². The average molecular weight is 396 g/mol. The van der Waals surface area contributed by atoms with Crippen LogP contribution in [0.4, 0.5) is 0 Å². The van der Waals surface area contributed by atoms with Gasteiger partial charge in [0, 0.05) is 18.6 Å². The molecule has 0 atom stereocenters. The zero-order chi connectivity index (χ0) is 19.9. The highest BCUT2D eigenvalue weighted by Gasteiger charge is 2.19. The summed E-state index contributed by atoms with van der Waals surface area (Å²) in [6.07, 6.45) is 11.7. The maximum absolute atomic E-state index is 11.4. The summed E-state index contributed by atoms with van der Waals surface area (Å²) in [6, 6.07) is 9.67. The summed E-state index contributed by atoms with van der Waals surface area (Å²) in [7, 11) is 0. The molecule has 0 unspecified atom stereocenters. The zero-order valence-corrected chi connectivity index (χ0v) is 16.8. The molecule has 0 aliphatic heterocycles. The van der Waals surface area contributed by atoms with Crippen LogP contribution >= 0.6 is 0 Å². The number of fused-ring (bicyclic) bond motifs is 1. The molecule has 2 heterocycles. The molecule has 154 valence electrons. The van der Waals surface area contributed by atoms with Crippen molar-refractivity contribution in [2.24, 2.45) is 0 Å². The van der Waals surface area contributed by atoms with E-state index in [0.717, 1.165) is 54.6 Å². The second kappa shape index (κ2) is 9.67. The molecule has 1 aliphatic carbocycles. The number of unbranched alkanes of at least 4 members (excludes halogenated alkanes) is 3. The van der Waals surface area contributed by atoms with Crippen LogP contribution in [0.1, 0.15) is 69.7 Å². The van der Waals surface area contributed by atoms with Crippen LogP contribution in [-0.4, -0.2) is 31.8 Å². The average Bonchev–Trinajstić information content (AvgIpc) is 3.22. The SMILES string of the molecule is O=c1ccc2ccc(OCCCCCCc3nnnn3C3CCCCC3)cc2[nH]1. The Morgan fingerprint density at radius 1 is 1.03 bits per heavy atom. The van der Waals surface area contributed by atoms with Crippen LogP contribution in [0.25, 0.3) is 10.9 Å². The number of nitrogens with zero attached hydrogens (tertiary/aromatic N) is 4. The lowest BCUT2D eigenvalue weighted by Gasteiger charge is -2.22. The van der Waals surface area contributed by atoms with Crippen molar-refractivity contribution in [3.05, 3.63) is 46.5 Å². The molecule has 3 aromatic rings. The van der Waals surface area contributed by atoms with E-state index in [1.807, 2.05) is 24.3 Å². The van der Waals surface area contributed by atoms with Gasteiger partial charge in [-0.1, -0.05) is 32.1 Å². The van der Waals surface area contributed by atoms with Crippen molar-refractivity contribution in [1.82, 2.24) is 25.2 Å². The first-order chi connectivity index (χ1) is 14.3. The van der Waals surface area contributed by atoms with Crippen molar-refractivity contribution in [1.29, 1.82) is 0 Å². The van der Waals surface area contributed by atoms with Crippen molar-refractivity contribution >= 4 is 10.9 Å². The Kier molecular flexibility index (Phi) is 6.54. The van der Waals surface area contributed by atoms with Crippen LogP contribution in [0.2, 0.25) is 0 Å². The summed E-state index contributed by atoms with van der Waals surface area (Å²) in [6.45, 7) is 0.683. The van der Waals surface area contributed by atoms with E-state index in [-0.39, 0.29) is 5.56 Å². The van der Waals surface area contributed by atoms with Gasteiger partial charge in [0.2, 0.25) is 5.56 Å². The zero-order valence-electron chi connectivity index (χ0n) is 16.8. The number of pyridine rings is 1. The van der Waals surface area contributed by atoms with Crippen molar-refractivity contribution in [2.45, 2.75) is 70.3 Å². The molecule has 1 N–H and O–H groups in total. The van der Waals surface area contributed by atoms with Crippen LogP contribution in [0.5, 0.6) is 5.75 Å². The Bertz CT molecular complexity index is 974. The van der Waals surface area contributed by atoms with Crippen LogP contribution in [-0.2, 0) is 6.42 Å². The number of hydrogen-bond acceptors (Lipinski definition) is 5. The van der Waals surface area contributed by atoms with Gasteiger partial charge >= 0.3 is 0 Å². The Balaban J connectivity index is 1.16. The van der Waals surface area contributed by atoms with E-state index in [2.05, 4.69) is 25.2 Å². The maximum Gasteiger partial charge on any atom is 0.248 e. The van der Waals surface area contributed by atoms with Gasteiger partial charge in [-0.25, -0.2) is 4.68 Å². The van der Waals surface area contributed by atoms with Gasteiger partial charge in [-0.3, -0.25) is 4.79 Å². The predicted molar refractivity (Wildman–Crippen MR) is 112 cm³/mol. The lowest BCUT2D eigenvalue weighted by atomic mass is 9.95. The van der Waals surface area contributed by atoms with Crippen molar-refractivity contribution in [3.8, 4) is 5.75 Å². The standard InChI is InChI=1S/C22H29N5O2/c28-22-14-12-17-11-13-19(16-20(17)23-22)29-15-7-2-1-6-10-21-24-25-26-27(21)18-8-4-3-5-9-18/h11-14,16,18H,1-10,15H2,(H,23,28). The smallest absolute Gasteiger partial charge is 0.248 e. The van der Waals surface area contributed by atoms with Crippen molar-refractivity contribution < 1.29 is 4.74 Å². The van der Waals surface area contributed by atoms with Crippen molar-refractivity contribution in [2.75, 3.05) is 6.61 Å². The molecule has 0 radical (unpaired) electrons. The predicted octanol–water partition coefficient (Wildman–Crippen LogP) is 4.20. The normalized spacial score (nSPS) is 15.0. The fraction of sp³-hybridized carbons (Fsp3) is 0.545. The van der Waals surface area contributed by atoms with E-state index in [0.29, 0.717) is 12.6 Å². The Labute approximate surface area is 170 Å². The summed E-state index contributed by atoms with van der Waals surface area (Å²) in [5, 5.41) is 13.4. The number of aryl methyl sites for hydroxylation is 1. The first-order valence-corrected chi connectivity index (χ1v) is 10.8. The molecule has 1 aliphatic rings. The largest absolute Gasteiger partial charge is 0.494 e. The number of aromatic amines is 1. The van der Waals surface area contributed by atoms with Gasteiger partial charge in [-0.05, 0) is 59.7 Å². The summed E-state index contributed by atoms with van der Waals surface area (Å²) >= 11 is 0. The highest BCUT2D eigenvalue weighted by molar-refractivity contribution is 5.79. The van der Waals surface area contributed by atoms with Crippen LogP contribution < -0.4 is 10.3 Å². The number of H-pyrrole nitrogens is 1. The van der Waals surface area contributed by atoms with E-state index in [1.165, 1.54) is 38.2 Å². The number of aromatic nitrogens is 5. The summed E-state index contributed by atoms with van der Waals surface area (Å²) in [5.41, 5.74) is 0.717. The van der Waals surface area contributed by atoms with Crippen LogP contribution in [0.3, 0.4) is 0 Å². The lowest BCUT2D eigenvalue weighted by molar-refractivity contribution is 0.303. The number of benzene rings is 1. The Hall–Kier alpha value is -2.70. The summed E-state index contributed by atoms with van der Waals surface area (Å²) in [5.74, 6) is 1.84. The van der Waals surface area contributed by atoms with Gasteiger partial charge < -0.3 is 9.72 Å². The monoisotopic (exact) mass is 395 g/mol.